The van der Waals surface area contributed by atoms with Gasteiger partial charge in [-0.25, -0.2) is 4.79 Å². The first-order valence-electron chi connectivity index (χ1n) is 12.0. The van der Waals surface area contributed by atoms with E-state index in [0.29, 0.717) is 36.8 Å². The van der Waals surface area contributed by atoms with Gasteiger partial charge in [-0.05, 0) is 50.8 Å². The molecule has 184 valence electrons. The van der Waals surface area contributed by atoms with E-state index in [0.717, 1.165) is 24.0 Å². The summed E-state index contributed by atoms with van der Waals surface area (Å²) >= 11 is 0. The number of rotatable bonds is 5. The van der Waals surface area contributed by atoms with E-state index in [9.17, 15) is 9.59 Å². The summed E-state index contributed by atoms with van der Waals surface area (Å²) in [5.74, 6) is 1.05. The molecule has 1 aliphatic carbocycles. The predicted molar refractivity (Wildman–Crippen MR) is 127 cm³/mol. The van der Waals surface area contributed by atoms with Crippen molar-refractivity contribution in [1.82, 2.24) is 30.1 Å². The standard InChI is InChI=1S/C25H30N6O4/c1-5-21-28-22(29-35-21)16-6-8-19-15(10-16)7-9-20(19)27-23(32)17-11-26-31(12-17)18-13-30(14-18)24(33)34-25(2,3)4/h6,8,10-12,18,20H,5,7,9,13-14H2,1-4H3,(H,27,32)/t20-/m1/s1. The number of hydrogen-bond donors (Lipinski definition) is 1. The topological polar surface area (TPSA) is 115 Å². The lowest BCUT2D eigenvalue weighted by molar-refractivity contribution is -0.000418. The van der Waals surface area contributed by atoms with Crippen LogP contribution in [-0.4, -0.2) is 55.5 Å². The van der Waals surface area contributed by atoms with Crippen LogP contribution in [0.2, 0.25) is 0 Å². The van der Waals surface area contributed by atoms with Gasteiger partial charge in [0.25, 0.3) is 5.91 Å². The number of hydrogen-bond acceptors (Lipinski definition) is 7. The summed E-state index contributed by atoms with van der Waals surface area (Å²) in [5.41, 5.74) is 3.19. The maximum Gasteiger partial charge on any atom is 0.410 e. The number of fused-ring (bicyclic) bond motifs is 1. The minimum atomic E-state index is -0.523. The van der Waals surface area contributed by atoms with Crippen molar-refractivity contribution in [3.8, 4) is 11.4 Å². The van der Waals surface area contributed by atoms with Crippen molar-refractivity contribution in [2.24, 2.45) is 0 Å². The Morgan fingerprint density at radius 1 is 1.26 bits per heavy atom. The number of ether oxygens (including phenoxy) is 1. The number of benzene rings is 1. The molecule has 2 amide bonds. The summed E-state index contributed by atoms with van der Waals surface area (Å²) in [6, 6.07) is 6.06. The van der Waals surface area contributed by atoms with Crippen molar-refractivity contribution in [3.63, 3.8) is 0 Å². The van der Waals surface area contributed by atoms with E-state index in [1.807, 2.05) is 39.8 Å². The Morgan fingerprint density at radius 3 is 2.77 bits per heavy atom. The van der Waals surface area contributed by atoms with Crippen molar-refractivity contribution < 1.29 is 18.8 Å². The Labute approximate surface area is 203 Å². The lowest BCUT2D eigenvalue weighted by Gasteiger charge is -2.39. The Bertz CT molecular complexity index is 1250. The lowest BCUT2D eigenvalue weighted by atomic mass is 10.0. The lowest BCUT2D eigenvalue weighted by Crippen LogP contribution is -2.52. The molecule has 3 heterocycles. The summed E-state index contributed by atoms with van der Waals surface area (Å²) < 4.78 is 12.4. The third-order valence-electron chi connectivity index (χ3n) is 6.31. The van der Waals surface area contributed by atoms with E-state index in [-0.39, 0.29) is 24.1 Å². The molecule has 0 saturated carbocycles. The average Bonchev–Trinajstić information content (AvgIpc) is 3.51. The highest BCUT2D eigenvalue weighted by Crippen LogP contribution is 2.34. The Kier molecular flexibility index (Phi) is 5.82. The maximum atomic E-state index is 12.9. The van der Waals surface area contributed by atoms with Gasteiger partial charge in [0.2, 0.25) is 11.7 Å². The molecular formula is C25H30N6O4. The SMILES string of the molecule is CCc1nc(-c2ccc3c(c2)CC[C@H]3NC(=O)c2cnn(C3CN(C(=O)OC(C)(C)C)C3)c2)no1. The molecule has 1 N–H and O–H groups in total. The van der Waals surface area contributed by atoms with E-state index < -0.39 is 5.60 Å². The van der Waals surface area contributed by atoms with Crippen LogP contribution in [0.25, 0.3) is 11.4 Å². The first-order chi connectivity index (χ1) is 16.7. The van der Waals surface area contributed by atoms with Crippen LogP contribution >= 0.6 is 0 Å². The average molecular weight is 479 g/mol. The van der Waals surface area contributed by atoms with Crippen LogP contribution in [0.5, 0.6) is 0 Å². The molecule has 2 aromatic heterocycles. The van der Waals surface area contributed by atoms with Gasteiger partial charge in [-0.2, -0.15) is 10.1 Å². The van der Waals surface area contributed by atoms with Crippen molar-refractivity contribution >= 4 is 12.0 Å². The number of nitrogens with zero attached hydrogens (tertiary/aromatic N) is 5. The van der Waals surface area contributed by atoms with Crippen LogP contribution in [-0.2, 0) is 17.6 Å². The van der Waals surface area contributed by atoms with Crippen molar-refractivity contribution in [3.05, 3.63) is 53.2 Å². The fourth-order valence-corrected chi connectivity index (χ4v) is 4.42. The smallest absolute Gasteiger partial charge is 0.410 e. The highest BCUT2D eigenvalue weighted by molar-refractivity contribution is 5.94. The largest absolute Gasteiger partial charge is 0.444 e. The fraction of sp³-hybridized carbons (Fsp3) is 0.480. The molecule has 1 saturated heterocycles. The maximum absolute atomic E-state index is 12.9. The molecule has 10 heteroatoms. The van der Waals surface area contributed by atoms with Gasteiger partial charge < -0.3 is 19.5 Å². The number of aromatic nitrogens is 4. The minimum absolute atomic E-state index is 0.0352. The summed E-state index contributed by atoms with van der Waals surface area (Å²) in [5, 5.41) is 11.5. The summed E-state index contributed by atoms with van der Waals surface area (Å²) in [7, 11) is 0. The van der Waals surface area contributed by atoms with Gasteiger partial charge in [-0.15, -0.1) is 0 Å². The van der Waals surface area contributed by atoms with Crippen LogP contribution in [0, 0.1) is 0 Å². The zero-order valence-electron chi connectivity index (χ0n) is 20.4. The van der Waals surface area contributed by atoms with Crippen LogP contribution in [0.15, 0.2) is 35.1 Å². The Hall–Kier alpha value is -3.69. The van der Waals surface area contributed by atoms with E-state index in [1.54, 1.807) is 22.0 Å². The molecule has 0 radical (unpaired) electrons. The second-order valence-electron chi connectivity index (χ2n) is 10.1. The first-order valence-corrected chi connectivity index (χ1v) is 12.0. The summed E-state index contributed by atoms with van der Waals surface area (Å²) in [6.07, 6.45) is 5.39. The van der Waals surface area contributed by atoms with E-state index in [4.69, 9.17) is 9.26 Å². The molecule has 2 aliphatic rings. The van der Waals surface area contributed by atoms with E-state index in [2.05, 4.69) is 26.6 Å². The van der Waals surface area contributed by atoms with Crippen molar-refractivity contribution in [2.75, 3.05) is 13.1 Å². The third kappa shape index (κ3) is 4.78. The zero-order valence-corrected chi connectivity index (χ0v) is 20.4. The number of amides is 2. The van der Waals surface area contributed by atoms with Crippen LogP contribution in [0.4, 0.5) is 4.79 Å². The number of carbonyl (C=O) groups is 2. The summed E-state index contributed by atoms with van der Waals surface area (Å²) in [6.45, 7) is 8.53. The Balaban J connectivity index is 1.19. The minimum Gasteiger partial charge on any atom is -0.444 e. The second kappa shape index (κ2) is 8.83. The van der Waals surface area contributed by atoms with Crippen molar-refractivity contribution in [2.45, 2.75) is 64.6 Å². The van der Waals surface area contributed by atoms with Crippen LogP contribution < -0.4 is 5.32 Å². The van der Waals surface area contributed by atoms with Crippen LogP contribution in [0.1, 0.15) is 73.6 Å². The van der Waals surface area contributed by atoms with E-state index in [1.165, 1.54) is 5.56 Å². The second-order valence-corrected chi connectivity index (χ2v) is 10.1. The molecule has 35 heavy (non-hydrogen) atoms. The number of carbonyl (C=O) groups excluding carboxylic acids is 2. The molecule has 0 bridgehead atoms. The number of aryl methyl sites for hydroxylation is 2. The fourth-order valence-electron chi connectivity index (χ4n) is 4.42. The highest BCUT2D eigenvalue weighted by atomic mass is 16.6. The quantitative estimate of drug-likeness (QED) is 0.594. The molecule has 0 unspecified atom stereocenters. The van der Waals surface area contributed by atoms with Gasteiger partial charge in [0.15, 0.2) is 0 Å². The first kappa shape index (κ1) is 23.1. The predicted octanol–water partition coefficient (Wildman–Crippen LogP) is 3.70. The molecule has 1 atom stereocenters. The number of likely N-dealkylation sites (tertiary alicyclic amines) is 1. The molecule has 5 rings (SSSR count). The van der Waals surface area contributed by atoms with Gasteiger partial charge in [-0.3, -0.25) is 9.48 Å². The van der Waals surface area contributed by atoms with Gasteiger partial charge in [0, 0.05) is 31.3 Å². The normalized spacial score (nSPS) is 17.7. The van der Waals surface area contributed by atoms with Gasteiger partial charge >= 0.3 is 6.09 Å². The summed E-state index contributed by atoms with van der Waals surface area (Å²) in [4.78, 5) is 31.1. The van der Waals surface area contributed by atoms with Gasteiger partial charge in [-0.1, -0.05) is 24.2 Å². The Morgan fingerprint density at radius 2 is 2.06 bits per heavy atom. The highest BCUT2D eigenvalue weighted by Gasteiger charge is 2.35. The third-order valence-corrected chi connectivity index (χ3v) is 6.31. The number of nitrogens with one attached hydrogen (secondary N) is 1. The van der Waals surface area contributed by atoms with Crippen molar-refractivity contribution in [1.29, 1.82) is 0 Å². The van der Waals surface area contributed by atoms with Gasteiger partial charge in [0.05, 0.1) is 23.8 Å². The molecule has 1 aromatic carbocycles. The van der Waals surface area contributed by atoms with E-state index >= 15 is 0 Å². The zero-order chi connectivity index (χ0) is 24.7. The molecule has 1 aliphatic heterocycles. The molecule has 0 spiro atoms. The molecular weight excluding hydrogens is 448 g/mol. The molecule has 1 fully saturated rings. The van der Waals surface area contributed by atoms with Crippen LogP contribution in [0.3, 0.4) is 0 Å². The molecule has 10 nitrogen and oxygen atoms in total. The monoisotopic (exact) mass is 478 g/mol. The van der Waals surface area contributed by atoms with Gasteiger partial charge in [0.1, 0.15) is 5.60 Å². The molecule has 3 aromatic rings.